The van der Waals surface area contributed by atoms with Crippen LogP contribution in [0.15, 0.2) is 12.1 Å². The molecule has 2 aliphatic heterocycles. The molecule has 132 valence electrons. The molecule has 0 aromatic carbocycles. The van der Waals surface area contributed by atoms with E-state index in [1.54, 1.807) is 0 Å². The van der Waals surface area contributed by atoms with Gasteiger partial charge < -0.3 is 14.5 Å². The zero-order valence-corrected chi connectivity index (χ0v) is 14.3. The number of anilines is 1. The van der Waals surface area contributed by atoms with Gasteiger partial charge >= 0.3 is 0 Å². The van der Waals surface area contributed by atoms with Crippen molar-refractivity contribution in [3.63, 3.8) is 0 Å². The van der Waals surface area contributed by atoms with Gasteiger partial charge in [-0.15, -0.1) is 15.3 Å². The van der Waals surface area contributed by atoms with Crippen LogP contribution >= 0.6 is 0 Å². The molecule has 3 aliphatic rings. The third-order valence-electron chi connectivity index (χ3n) is 5.58. The fraction of sp³-hybridized carbons (Fsp3) is 0.647. The van der Waals surface area contributed by atoms with Crippen LogP contribution < -0.4 is 4.90 Å². The van der Waals surface area contributed by atoms with Crippen molar-refractivity contribution in [3.05, 3.63) is 18.0 Å². The quantitative estimate of drug-likeness (QED) is 0.814. The van der Waals surface area contributed by atoms with E-state index in [0.717, 1.165) is 36.8 Å². The molecule has 0 N–H and O–H groups in total. The molecule has 1 aliphatic carbocycles. The van der Waals surface area contributed by atoms with Crippen LogP contribution in [0.25, 0.3) is 5.65 Å². The lowest BCUT2D eigenvalue weighted by Gasteiger charge is -2.45. The lowest BCUT2D eigenvalue weighted by molar-refractivity contribution is -0.136. The van der Waals surface area contributed by atoms with E-state index in [2.05, 4.69) is 15.1 Å². The fourth-order valence-electron chi connectivity index (χ4n) is 3.65. The Kier molecular flexibility index (Phi) is 3.41. The first-order chi connectivity index (χ1) is 12.2. The van der Waals surface area contributed by atoms with Crippen LogP contribution in [0, 0.1) is 5.92 Å². The third kappa shape index (κ3) is 2.55. The highest BCUT2D eigenvalue weighted by molar-refractivity contribution is 5.79. The maximum Gasteiger partial charge on any atom is 0.228 e. The van der Waals surface area contributed by atoms with Gasteiger partial charge in [0, 0.05) is 32.7 Å². The largest absolute Gasteiger partial charge is 0.381 e. The van der Waals surface area contributed by atoms with E-state index in [1.807, 2.05) is 28.6 Å². The van der Waals surface area contributed by atoms with Crippen LogP contribution in [0.1, 0.15) is 31.0 Å². The molecule has 0 spiro atoms. The molecule has 1 unspecified atom stereocenters. The highest BCUT2D eigenvalue weighted by atomic mass is 16.5. The molecule has 3 fully saturated rings. The Hall–Kier alpha value is -2.22. The lowest BCUT2D eigenvalue weighted by Crippen LogP contribution is -2.61. The Morgan fingerprint density at radius 1 is 1.24 bits per heavy atom. The van der Waals surface area contributed by atoms with Crippen molar-refractivity contribution in [1.29, 1.82) is 0 Å². The number of nitrogens with zero attached hydrogens (tertiary/aromatic N) is 6. The summed E-state index contributed by atoms with van der Waals surface area (Å²) in [6.45, 7) is 2.90. The molecule has 0 bridgehead atoms. The monoisotopic (exact) mass is 342 g/mol. The van der Waals surface area contributed by atoms with E-state index >= 15 is 0 Å². The van der Waals surface area contributed by atoms with Crippen molar-refractivity contribution in [1.82, 2.24) is 24.7 Å². The van der Waals surface area contributed by atoms with Gasteiger partial charge in [0.2, 0.25) is 5.91 Å². The topological polar surface area (TPSA) is 75.9 Å². The van der Waals surface area contributed by atoms with Gasteiger partial charge in [-0.2, -0.15) is 4.52 Å². The van der Waals surface area contributed by atoms with Gasteiger partial charge in [0.05, 0.1) is 18.6 Å². The second-order valence-corrected chi connectivity index (χ2v) is 7.36. The van der Waals surface area contributed by atoms with Gasteiger partial charge in [-0.1, -0.05) is 0 Å². The van der Waals surface area contributed by atoms with Crippen molar-refractivity contribution in [3.8, 4) is 0 Å². The number of rotatable bonds is 4. The molecule has 2 aromatic rings. The molecular weight excluding hydrogens is 320 g/mol. The predicted molar refractivity (Wildman–Crippen MR) is 90.5 cm³/mol. The maximum absolute atomic E-state index is 12.5. The second-order valence-electron chi connectivity index (χ2n) is 7.36. The number of fused-ring (bicyclic) bond motifs is 1. The van der Waals surface area contributed by atoms with Gasteiger partial charge in [0.25, 0.3) is 0 Å². The maximum atomic E-state index is 12.5. The van der Waals surface area contributed by atoms with Crippen molar-refractivity contribution < 1.29 is 9.53 Å². The molecule has 8 nitrogen and oxygen atoms in total. The molecule has 4 heterocycles. The molecule has 2 aromatic heterocycles. The average Bonchev–Trinajstić information content (AvgIpc) is 3.11. The van der Waals surface area contributed by atoms with E-state index in [1.165, 1.54) is 12.8 Å². The molecule has 2 saturated heterocycles. The van der Waals surface area contributed by atoms with E-state index in [0.29, 0.717) is 19.1 Å². The molecule has 0 radical (unpaired) electrons. The number of carbonyl (C=O) groups excluding carboxylic acids is 1. The normalized spacial score (nSPS) is 23.9. The first-order valence-corrected chi connectivity index (χ1v) is 9.02. The summed E-state index contributed by atoms with van der Waals surface area (Å²) in [5, 5.41) is 13.2. The minimum Gasteiger partial charge on any atom is -0.381 e. The Bertz CT molecular complexity index is 805. The molecule has 1 atom stereocenters. The number of hydrogen-bond acceptors (Lipinski definition) is 6. The van der Waals surface area contributed by atoms with Gasteiger partial charge in [0.1, 0.15) is 5.82 Å². The summed E-state index contributed by atoms with van der Waals surface area (Å²) in [6.07, 6.45) is 3.20. The Balaban J connectivity index is 1.27. The van der Waals surface area contributed by atoms with E-state index < -0.39 is 0 Å². The summed E-state index contributed by atoms with van der Waals surface area (Å²) in [5.41, 5.74) is 0.802. The summed E-state index contributed by atoms with van der Waals surface area (Å²) in [7, 11) is 1.91. The SMILES string of the molecule is CN(C(=O)C1CCOC1)C1CN(c2ccc3nnc(C4CC4)n3n2)C1. The Morgan fingerprint density at radius 2 is 2.08 bits per heavy atom. The number of ether oxygens (including phenoxy) is 1. The van der Waals surface area contributed by atoms with E-state index in [4.69, 9.17) is 9.84 Å². The molecule has 8 heteroatoms. The first kappa shape index (κ1) is 15.1. The van der Waals surface area contributed by atoms with Crippen LogP contribution in [0.5, 0.6) is 0 Å². The Morgan fingerprint density at radius 3 is 2.80 bits per heavy atom. The number of hydrogen-bond donors (Lipinski definition) is 0. The van der Waals surface area contributed by atoms with Gasteiger partial charge in [0.15, 0.2) is 11.5 Å². The van der Waals surface area contributed by atoms with E-state index in [9.17, 15) is 4.79 Å². The zero-order valence-electron chi connectivity index (χ0n) is 14.3. The predicted octanol–water partition coefficient (Wildman–Crippen LogP) is 0.685. The van der Waals surface area contributed by atoms with Gasteiger partial charge in [-0.25, -0.2) is 0 Å². The summed E-state index contributed by atoms with van der Waals surface area (Å²) in [5.74, 6) is 2.66. The van der Waals surface area contributed by atoms with Crippen molar-refractivity contribution in [2.45, 2.75) is 31.2 Å². The summed E-state index contributed by atoms with van der Waals surface area (Å²) >= 11 is 0. The third-order valence-corrected chi connectivity index (χ3v) is 5.58. The highest BCUT2D eigenvalue weighted by Crippen LogP contribution is 2.38. The number of aromatic nitrogens is 4. The summed E-state index contributed by atoms with van der Waals surface area (Å²) < 4.78 is 7.22. The van der Waals surface area contributed by atoms with Gasteiger partial charge in [-0.3, -0.25) is 4.79 Å². The highest BCUT2D eigenvalue weighted by Gasteiger charge is 2.37. The van der Waals surface area contributed by atoms with Crippen LogP contribution in [-0.4, -0.2) is 70.0 Å². The number of likely N-dealkylation sites (N-methyl/N-ethyl adjacent to an activating group) is 1. The standard InChI is InChI=1S/C17H22N6O2/c1-21(17(24)12-6-7-25-10-12)13-8-22(9-13)15-5-4-14-18-19-16(11-2-3-11)23(14)20-15/h4-5,11-13H,2-3,6-10H2,1H3. The van der Waals surface area contributed by atoms with Crippen LogP contribution in [0.4, 0.5) is 5.82 Å². The Labute approximate surface area is 145 Å². The van der Waals surface area contributed by atoms with Crippen molar-refractivity contribution in [2.24, 2.45) is 5.92 Å². The summed E-state index contributed by atoms with van der Waals surface area (Å²) in [4.78, 5) is 16.6. The van der Waals surface area contributed by atoms with Gasteiger partial charge in [-0.05, 0) is 31.4 Å². The second kappa shape index (κ2) is 5.66. The number of carbonyl (C=O) groups is 1. The minimum absolute atomic E-state index is 0.0339. The molecule has 25 heavy (non-hydrogen) atoms. The van der Waals surface area contributed by atoms with E-state index in [-0.39, 0.29) is 17.9 Å². The molecular formula is C17H22N6O2. The number of amides is 1. The first-order valence-electron chi connectivity index (χ1n) is 9.02. The molecule has 1 saturated carbocycles. The average molecular weight is 342 g/mol. The summed E-state index contributed by atoms with van der Waals surface area (Å²) in [6, 6.07) is 4.21. The van der Waals surface area contributed by atoms with Crippen LogP contribution in [0.3, 0.4) is 0 Å². The molecule has 5 rings (SSSR count). The van der Waals surface area contributed by atoms with Crippen molar-refractivity contribution >= 4 is 17.4 Å². The minimum atomic E-state index is 0.0339. The smallest absolute Gasteiger partial charge is 0.228 e. The molecule has 1 amide bonds. The lowest BCUT2D eigenvalue weighted by atomic mass is 10.0. The van der Waals surface area contributed by atoms with Crippen LogP contribution in [0.2, 0.25) is 0 Å². The zero-order chi connectivity index (χ0) is 17.0. The fourth-order valence-corrected chi connectivity index (χ4v) is 3.65. The van der Waals surface area contributed by atoms with Crippen LogP contribution in [-0.2, 0) is 9.53 Å². The van der Waals surface area contributed by atoms with Crippen molar-refractivity contribution in [2.75, 3.05) is 38.3 Å².